The van der Waals surface area contributed by atoms with E-state index in [0.29, 0.717) is 0 Å². The number of benzene rings is 1. The van der Waals surface area contributed by atoms with Gasteiger partial charge >= 0.3 is 0 Å². The summed E-state index contributed by atoms with van der Waals surface area (Å²) in [5, 5.41) is 11.6. The third-order valence-corrected chi connectivity index (χ3v) is 3.83. The van der Waals surface area contributed by atoms with E-state index in [4.69, 9.17) is 4.74 Å². The lowest BCUT2D eigenvalue weighted by atomic mass is 10.0. The van der Waals surface area contributed by atoms with Crippen LogP contribution < -0.4 is 10.1 Å². The lowest BCUT2D eigenvalue weighted by Gasteiger charge is -2.20. The maximum atomic E-state index is 5.32. The number of nitrogens with zero attached hydrogens (tertiary/aromatic N) is 3. The lowest BCUT2D eigenvalue weighted by Crippen LogP contribution is -2.24. The molecule has 0 aliphatic rings. The Morgan fingerprint density at radius 3 is 2.70 bits per heavy atom. The minimum Gasteiger partial charge on any atom is -0.496 e. The van der Waals surface area contributed by atoms with Crippen LogP contribution in [0.15, 0.2) is 22.8 Å². The van der Waals surface area contributed by atoms with Gasteiger partial charge in [0.2, 0.25) is 0 Å². The number of ether oxygens (including phenoxy) is 1. The standard InChI is InChI=1S/C14H19BrN4O/c1-5-16-12(13-14(15)17-18-19(13)3)10-6-7-11(20-4)9(2)8-10/h6-8,12,16H,5H2,1-4H3. The third kappa shape index (κ3) is 2.86. The Balaban J connectivity index is 2.46. The molecule has 1 aromatic carbocycles. The highest BCUT2D eigenvalue weighted by Gasteiger charge is 2.21. The first-order valence-corrected chi connectivity index (χ1v) is 7.30. The van der Waals surface area contributed by atoms with Crippen molar-refractivity contribution in [3.05, 3.63) is 39.6 Å². The first kappa shape index (κ1) is 15.0. The van der Waals surface area contributed by atoms with Crippen LogP contribution in [-0.4, -0.2) is 28.6 Å². The molecule has 2 rings (SSSR count). The molecule has 0 fully saturated rings. The molecule has 0 saturated heterocycles. The van der Waals surface area contributed by atoms with Crippen molar-refractivity contribution in [2.45, 2.75) is 19.9 Å². The second-order valence-corrected chi connectivity index (χ2v) is 5.36. The maximum Gasteiger partial charge on any atom is 0.153 e. The molecule has 0 saturated carbocycles. The van der Waals surface area contributed by atoms with Gasteiger partial charge in [0.25, 0.3) is 0 Å². The van der Waals surface area contributed by atoms with Crippen molar-refractivity contribution >= 4 is 15.9 Å². The molecule has 1 atom stereocenters. The predicted molar refractivity (Wildman–Crippen MR) is 82.0 cm³/mol. The maximum absolute atomic E-state index is 5.32. The van der Waals surface area contributed by atoms with Crippen molar-refractivity contribution in [1.82, 2.24) is 20.3 Å². The smallest absolute Gasteiger partial charge is 0.153 e. The first-order chi connectivity index (χ1) is 9.58. The third-order valence-electron chi connectivity index (χ3n) is 3.26. The van der Waals surface area contributed by atoms with E-state index < -0.39 is 0 Å². The first-order valence-electron chi connectivity index (χ1n) is 6.51. The fourth-order valence-corrected chi connectivity index (χ4v) is 2.86. The zero-order chi connectivity index (χ0) is 14.7. The lowest BCUT2D eigenvalue weighted by molar-refractivity contribution is 0.411. The average molecular weight is 339 g/mol. The normalized spacial score (nSPS) is 12.4. The molecule has 1 N–H and O–H groups in total. The van der Waals surface area contributed by atoms with Crippen molar-refractivity contribution in [1.29, 1.82) is 0 Å². The Labute approximate surface area is 127 Å². The van der Waals surface area contributed by atoms with E-state index in [1.165, 1.54) is 0 Å². The van der Waals surface area contributed by atoms with Crippen LogP contribution in [0.4, 0.5) is 0 Å². The van der Waals surface area contributed by atoms with Crippen molar-refractivity contribution in [3.63, 3.8) is 0 Å². The summed E-state index contributed by atoms with van der Waals surface area (Å²) in [5.74, 6) is 0.895. The number of aryl methyl sites for hydroxylation is 2. The summed E-state index contributed by atoms with van der Waals surface area (Å²) in [7, 11) is 3.58. The molecular weight excluding hydrogens is 320 g/mol. The molecule has 0 aliphatic carbocycles. The summed E-state index contributed by atoms with van der Waals surface area (Å²) in [6, 6.07) is 6.23. The summed E-state index contributed by atoms with van der Waals surface area (Å²) in [6.07, 6.45) is 0. The van der Waals surface area contributed by atoms with Gasteiger partial charge in [-0.2, -0.15) is 0 Å². The van der Waals surface area contributed by atoms with Gasteiger partial charge < -0.3 is 10.1 Å². The van der Waals surface area contributed by atoms with E-state index in [9.17, 15) is 0 Å². The minimum atomic E-state index is 0.0407. The number of halogens is 1. The SMILES string of the molecule is CCNC(c1ccc(OC)c(C)c1)c1c(Br)nnn1C. The van der Waals surface area contributed by atoms with Crippen LogP contribution >= 0.6 is 15.9 Å². The van der Waals surface area contributed by atoms with Gasteiger partial charge in [0.15, 0.2) is 4.60 Å². The molecule has 0 bridgehead atoms. The second kappa shape index (κ2) is 6.37. The van der Waals surface area contributed by atoms with Crippen LogP contribution in [0.2, 0.25) is 0 Å². The van der Waals surface area contributed by atoms with E-state index in [1.54, 1.807) is 11.8 Å². The highest BCUT2D eigenvalue weighted by molar-refractivity contribution is 9.10. The van der Waals surface area contributed by atoms with E-state index in [1.807, 2.05) is 20.0 Å². The van der Waals surface area contributed by atoms with Gasteiger partial charge in [0.1, 0.15) is 5.75 Å². The Morgan fingerprint density at radius 2 is 2.20 bits per heavy atom. The second-order valence-electron chi connectivity index (χ2n) is 4.61. The number of aromatic nitrogens is 3. The molecule has 108 valence electrons. The zero-order valence-corrected chi connectivity index (χ0v) is 13.7. The topological polar surface area (TPSA) is 52.0 Å². The van der Waals surface area contributed by atoms with Crippen molar-refractivity contribution in [2.24, 2.45) is 7.05 Å². The van der Waals surface area contributed by atoms with Crippen LogP contribution in [0, 0.1) is 6.92 Å². The number of rotatable bonds is 5. The Bertz CT molecular complexity index is 577. The molecule has 1 heterocycles. The fourth-order valence-electron chi connectivity index (χ4n) is 2.30. The quantitative estimate of drug-likeness (QED) is 0.910. The van der Waals surface area contributed by atoms with Crippen LogP contribution in [0.25, 0.3) is 0 Å². The molecule has 1 aromatic heterocycles. The molecule has 0 aliphatic heterocycles. The zero-order valence-electron chi connectivity index (χ0n) is 12.1. The molecule has 0 amide bonds. The van der Waals surface area contributed by atoms with Gasteiger partial charge in [-0.15, -0.1) is 5.10 Å². The van der Waals surface area contributed by atoms with Crippen molar-refractivity contribution in [2.75, 3.05) is 13.7 Å². The van der Waals surface area contributed by atoms with Crippen LogP contribution in [-0.2, 0) is 7.05 Å². The molecule has 5 nitrogen and oxygen atoms in total. The largest absolute Gasteiger partial charge is 0.496 e. The highest BCUT2D eigenvalue weighted by atomic mass is 79.9. The summed E-state index contributed by atoms with van der Waals surface area (Å²) < 4.78 is 7.87. The summed E-state index contributed by atoms with van der Waals surface area (Å²) >= 11 is 3.47. The molecule has 2 aromatic rings. The van der Waals surface area contributed by atoms with Crippen LogP contribution in [0.5, 0.6) is 5.75 Å². The van der Waals surface area contributed by atoms with E-state index in [0.717, 1.165) is 33.7 Å². The highest BCUT2D eigenvalue weighted by Crippen LogP contribution is 2.29. The van der Waals surface area contributed by atoms with Crippen LogP contribution in [0.1, 0.15) is 29.8 Å². The van der Waals surface area contributed by atoms with E-state index >= 15 is 0 Å². The Hall–Kier alpha value is -1.40. The summed E-state index contributed by atoms with van der Waals surface area (Å²) in [5.41, 5.74) is 3.28. The van der Waals surface area contributed by atoms with Gasteiger partial charge in [-0.1, -0.05) is 24.3 Å². The van der Waals surface area contributed by atoms with Crippen molar-refractivity contribution < 1.29 is 4.74 Å². The van der Waals surface area contributed by atoms with Gasteiger partial charge in [-0.3, -0.25) is 0 Å². The van der Waals surface area contributed by atoms with E-state index in [-0.39, 0.29) is 6.04 Å². The Kier molecular flexibility index (Phi) is 4.77. The number of hydrogen-bond acceptors (Lipinski definition) is 4. The molecule has 20 heavy (non-hydrogen) atoms. The molecule has 0 spiro atoms. The molecule has 1 unspecified atom stereocenters. The number of hydrogen-bond donors (Lipinski definition) is 1. The molecular formula is C14H19BrN4O. The number of methoxy groups -OCH3 is 1. The molecule has 0 radical (unpaired) electrons. The monoisotopic (exact) mass is 338 g/mol. The van der Waals surface area contributed by atoms with Gasteiger partial charge in [0, 0.05) is 7.05 Å². The fraction of sp³-hybridized carbons (Fsp3) is 0.429. The number of nitrogens with one attached hydrogen (secondary N) is 1. The molecule has 6 heteroatoms. The minimum absolute atomic E-state index is 0.0407. The van der Waals surface area contributed by atoms with Gasteiger partial charge in [0.05, 0.1) is 18.8 Å². The Morgan fingerprint density at radius 1 is 1.45 bits per heavy atom. The average Bonchev–Trinajstić information content (AvgIpc) is 2.76. The summed E-state index contributed by atoms with van der Waals surface area (Å²) in [4.78, 5) is 0. The van der Waals surface area contributed by atoms with Gasteiger partial charge in [-0.05, 0) is 46.6 Å². The van der Waals surface area contributed by atoms with Crippen molar-refractivity contribution in [3.8, 4) is 5.75 Å². The van der Waals surface area contributed by atoms with E-state index in [2.05, 4.69) is 50.6 Å². The van der Waals surface area contributed by atoms with Crippen LogP contribution in [0.3, 0.4) is 0 Å². The van der Waals surface area contributed by atoms with Gasteiger partial charge in [-0.25, -0.2) is 4.68 Å². The predicted octanol–water partition coefficient (Wildman–Crippen LogP) is 2.59. The summed E-state index contributed by atoms with van der Waals surface area (Å²) in [6.45, 7) is 4.98.